The monoisotopic (exact) mass is 395 g/mol. The molecule has 0 N–H and O–H groups in total. The maximum absolute atomic E-state index is 12.9. The van der Waals surface area contributed by atoms with E-state index in [-0.39, 0.29) is 5.91 Å². The van der Waals surface area contributed by atoms with E-state index in [1.54, 1.807) is 19.5 Å². The van der Waals surface area contributed by atoms with Crippen LogP contribution in [-0.4, -0.2) is 67.2 Å². The van der Waals surface area contributed by atoms with Crippen LogP contribution in [0.4, 0.5) is 11.5 Å². The van der Waals surface area contributed by atoms with Crippen molar-refractivity contribution in [2.75, 3.05) is 56.2 Å². The highest BCUT2D eigenvalue weighted by Gasteiger charge is 2.25. The average Bonchev–Trinajstić information content (AvgIpc) is 2.79. The van der Waals surface area contributed by atoms with Gasteiger partial charge in [0.25, 0.3) is 5.91 Å². The zero-order chi connectivity index (χ0) is 20.2. The van der Waals surface area contributed by atoms with Crippen molar-refractivity contribution in [3.05, 3.63) is 42.4 Å². The molecule has 0 unspecified atom stereocenters. The Morgan fingerprint density at radius 1 is 0.966 bits per heavy atom. The number of ether oxygens (including phenoxy) is 1. The van der Waals surface area contributed by atoms with Crippen LogP contribution in [0.1, 0.15) is 30.3 Å². The molecule has 154 valence electrons. The van der Waals surface area contributed by atoms with Gasteiger partial charge in [-0.3, -0.25) is 4.79 Å². The summed E-state index contributed by atoms with van der Waals surface area (Å²) < 4.78 is 5.46. The number of hydrogen-bond acceptors (Lipinski definition) is 6. The van der Waals surface area contributed by atoms with Crippen molar-refractivity contribution in [2.24, 2.45) is 5.92 Å². The summed E-state index contributed by atoms with van der Waals surface area (Å²) in [6.07, 6.45) is 5.73. The molecule has 2 fully saturated rings. The molecule has 2 aliphatic rings. The number of benzene rings is 1. The summed E-state index contributed by atoms with van der Waals surface area (Å²) in [4.78, 5) is 28.2. The van der Waals surface area contributed by atoms with Gasteiger partial charge in [-0.25, -0.2) is 9.97 Å². The predicted octanol–water partition coefficient (Wildman–Crippen LogP) is 2.68. The van der Waals surface area contributed by atoms with Crippen LogP contribution < -0.4 is 14.5 Å². The number of methoxy groups -OCH3 is 1. The molecule has 0 radical (unpaired) electrons. The maximum atomic E-state index is 12.9. The lowest BCUT2D eigenvalue weighted by Gasteiger charge is -2.36. The number of nitrogens with zero attached hydrogens (tertiary/aromatic N) is 5. The van der Waals surface area contributed by atoms with Crippen molar-refractivity contribution in [1.29, 1.82) is 0 Å². The second-order valence-electron chi connectivity index (χ2n) is 7.88. The first-order valence-corrected chi connectivity index (χ1v) is 10.4. The number of amides is 1. The SMILES string of the molecule is COc1ccccc1N1CCN(C(=O)c2cnc(N3CCC(C)CC3)cn2)CC1. The molecule has 2 aromatic rings. The summed E-state index contributed by atoms with van der Waals surface area (Å²) in [7, 11) is 1.69. The van der Waals surface area contributed by atoms with Crippen LogP contribution in [0.15, 0.2) is 36.7 Å². The molecule has 1 aromatic heterocycles. The van der Waals surface area contributed by atoms with Gasteiger partial charge in [0.1, 0.15) is 17.3 Å². The quantitative estimate of drug-likeness (QED) is 0.793. The number of carbonyl (C=O) groups excluding carboxylic acids is 1. The topological polar surface area (TPSA) is 61.8 Å². The third-order valence-electron chi connectivity index (χ3n) is 5.96. The largest absolute Gasteiger partial charge is 0.495 e. The van der Waals surface area contributed by atoms with Crippen LogP contribution in [-0.2, 0) is 0 Å². The number of carbonyl (C=O) groups is 1. The highest BCUT2D eigenvalue weighted by atomic mass is 16.5. The van der Waals surface area contributed by atoms with Gasteiger partial charge in [0.2, 0.25) is 0 Å². The molecule has 3 heterocycles. The van der Waals surface area contributed by atoms with E-state index in [1.807, 2.05) is 23.1 Å². The van der Waals surface area contributed by atoms with Gasteiger partial charge >= 0.3 is 0 Å². The van der Waals surface area contributed by atoms with Gasteiger partial charge in [0, 0.05) is 39.3 Å². The normalized spacial score (nSPS) is 18.1. The summed E-state index contributed by atoms with van der Waals surface area (Å²) in [6, 6.07) is 8.00. The van der Waals surface area contributed by atoms with Crippen molar-refractivity contribution in [2.45, 2.75) is 19.8 Å². The van der Waals surface area contributed by atoms with E-state index in [4.69, 9.17) is 4.74 Å². The lowest BCUT2D eigenvalue weighted by Crippen LogP contribution is -2.49. The number of aromatic nitrogens is 2. The van der Waals surface area contributed by atoms with E-state index in [0.717, 1.165) is 49.4 Å². The zero-order valence-corrected chi connectivity index (χ0v) is 17.3. The number of piperidine rings is 1. The molecule has 0 aliphatic carbocycles. The highest BCUT2D eigenvalue weighted by Crippen LogP contribution is 2.28. The minimum Gasteiger partial charge on any atom is -0.495 e. The smallest absolute Gasteiger partial charge is 0.274 e. The first-order valence-electron chi connectivity index (χ1n) is 10.4. The molecule has 2 aliphatic heterocycles. The van der Waals surface area contributed by atoms with E-state index in [0.29, 0.717) is 18.8 Å². The summed E-state index contributed by atoms with van der Waals surface area (Å²) in [6.45, 7) is 7.16. The van der Waals surface area contributed by atoms with Crippen LogP contribution in [0.25, 0.3) is 0 Å². The van der Waals surface area contributed by atoms with Crippen molar-refractivity contribution >= 4 is 17.4 Å². The van der Waals surface area contributed by atoms with Crippen molar-refractivity contribution < 1.29 is 9.53 Å². The first kappa shape index (κ1) is 19.5. The third-order valence-corrected chi connectivity index (χ3v) is 5.96. The fourth-order valence-electron chi connectivity index (χ4n) is 4.04. The standard InChI is InChI=1S/C22H29N5O2/c1-17-7-9-26(10-8-17)21-16-23-18(15-24-21)22(28)27-13-11-25(12-14-27)19-5-3-4-6-20(19)29-2/h3-6,15-17H,7-14H2,1-2H3. The van der Waals surface area contributed by atoms with E-state index in [2.05, 4.69) is 32.8 Å². The Morgan fingerprint density at radius 3 is 2.34 bits per heavy atom. The molecule has 7 heteroatoms. The Balaban J connectivity index is 1.36. The lowest BCUT2D eigenvalue weighted by molar-refractivity contribution is 0.0740. The lowest BCUT2D eigenvalue weighted by atomic mass is 9.99. The molecule has 0 spiro atoms. The van der Waals surface area contributed by atoms with Crippen LogP contribution in [0.5, 0.6) is 5.75 Å². The van der Waals surface area contributed by atoms with Gasteiger partial charge in [-0.15, -0.1) is 0 Å². The number of piperazine rings is 1. The molecular weight excluding hydrogens is 366 g/mol. The number of para-hydroxylation sites is 2. The maximum Gasteiger partial charge on any atom is 0.274 e. The van der Waals surface area contributed by atoms with Crippen LogP contribution in [0, 0.1) is 5.92 Å². The van der Waals surface area contributed by atoms with Crippen molar-refractivity contribution in [3.63, 3.8) is 0 Å². The first-order chi connectivity index (χ1) is 14.2. The summed E-state index contributed by atoms with van der Waals surface area (Å²) in [5, 5.41) is 0. The molecule has 4 rings (SSSR count). The zero-order valence-electron chi connectivity index (χ0n) is 17.3. The molecule has 0 saturated carbocycles. The minimum absolute atomic E-state index is 0.0454. The van der Waals surface area contributed by atoms with Gasteiger partial charge < -0.3 is 19.4 Å². The van der Waals surface area contributed by atoms with Gasteiger partial charge in [0.05, 0.1) is 25.2 Å². The Bertz CT molecular complexity index is 825. The Morgan fingerprint density at radius 2 is 1.69 bits per heavy atom. The number of anilines is 2. The second kappa shape index (κ2) is 8.68. The van der Waals surface area contributed by atoms with Crippen LogP contribution in [0.2, 0.25) is 0 Å². The molecule has 0 bridgehead atoms. The van der Waals surface area contributed by atoms with Crippen LogP contribution >= 0.6 is 0 Å². The average molecular weight is 396 g/mol. The molecular formula is C22H29N5O2. The van der Waals surface area contributed by atoms with E-state index in [1.165, 1.54) is 12.8 Å². The van der Waals surface area contributed by atoms with Gasteiger partial charge in [-0.1, -0.05) is 19.1 Å². The van der Waals surface area contributed by atoms with Crippen molar-refractivity contribution in [3.8, 4) is 5.75 Å². The number of hydrogen-bond donors (Lipinski definition) is 0. The Hall–Kier alpha value is -2.83. The van der Waals surface area contributed by atoms with E-state index in [9.17, 15) is 4.79 Å². The molecule has 1 amide bonds. The Kier molecular flexibility index (Phi) is 5.83. The fourth-order valence-corrected chi connectivity index (χ4v) is 4.04. The van der Waals surface area contributed by atoms with Gasteiger partial charge in [-0.05, 0) is 30.9 Å². The minimum atomic E-state index is -0.0454. The van der Waals surface area contributed by atoms with E-state index >= 15 is 0 Å². The number of rotatable bonds is 4. The van der Waals surface area contributed by atoms with Crippen LogP contribution in [0.3, 0.4) is 0 Å². The van der Waals surface area contributed by atoms with E-state index < -0.39 is 0 Å². The van der Waals surface area contributed by atoms with Crippen molar-refractivity contribution in [1.82, 2.24) is 14.9 Å². The summed E-state index contributed by atoms with van der Waals surface area (Å²) >= 11 is 0. The summed E-state index contributed by atoms with van der Waals surface area (Å²) in [5.74, 6) is 2.46. The molecule has 0 atom stereocenters. The molecule has 2 saturated heterocycles. The van der Waals surface area contributed by atoms with Gasteiger partial charge in [0.15, 0.2) is 0 Å². The molecule has 1 aromatic carbocycles. The molecule has 29 heavy (non-hydrogen) atoms. The van der Waals surface area contributed by atoms with Gasteiger partial charge in [-0.2, -0.15) is 0 Å². The third kappa shape index (κ3) is 4.28. The fraction of sp³-hybridized carbons (Fsp3) is 0.500. The Labute approximate surface area is 172 Å². The summed E-state index contributed by atoms with van der Waals surface area (Å²) in [5.41, 5.74) is 1.49. The second-order valence-corrected chi connectivity index (χ2v) is 7.88. The molecule has 7 nitrogen and oxygen atoms in total. The predicted molar refractivity (Wildman–Crippen MR) is 114 cm³/mol. The highest BCUT2D eigenvalue weighted by molar-refractivity contribution is 5.92.